The molecule has 0 saturated carbocycles. The summed E-state index contributed by atoms with van der Waals surface area (Å²) in [6, 6.07) is 5.62. The van der Waals surface area contributed by atoms with Gasteiger partial charge in [-0.2, -0.15) is 5.10 Å². The zero-order chi connectivity index (χ0) is 19.7. The fourth-order valence-corrected chi connectivity index (χ4v) is 4.56. The number of pyridine rings is 1. The number of halogens is 1. The molecule has 4 heterocycles. The topological polar surface area (TPSA) is 74.5 Å². The van der Waals surface area contributed by atoms with Gasteiger partial charge in [0, 0.05) is 44.0 Å². The van der Waals surface area contributed by atoms with Crippen molar-refractivity contribution in [3.63, 3.8) is 0 Å². The minimum Gasteiger partial charge on any atom is -0.392 e. The second-order valence-corrected chi connectivity index (χ2v) is 8.35. The third-order valence-corrected chi connectivity index (χ3v) is 6.43. The maximum atomic E-state index is 12.8. The molecule has 2 saturated heterocycles. The molecule has 150 valence electrons. The van der Waals surface area contributed by atoms with Crippen molar-refractivity contribution >= 4 is 23.3 Å². The minimum atomic E-state index is -0.419. The van der Waals surface area contributed by atoms with Crippen LogP contribution in [0.25, 0.3) is 0 Å². The van der Waals surface area contributed by atoms with E-state index in [4.69, 9.17) is 11.6 Å². The summed E-state index contributed by atoms with van der Waals surface area (Å²) in [6.45, 7) is 4.87. The molecule has 8 heteroatoms. The van der Waals surface area contributed by atoms with Crippen molar-refractivity contribution in [2.24, 2.45) is 5.41 Å². The van der Waals surface area contributed by atoms with Crippen molar-refractivity contribution in [1.82, 2.24) is 19.7 Å². The zero-order valence-electron chi connectivity index (χ0n) is 16.1. The van der Waals surface area contributed by atoms with E-state index in [1.165, 1.54) is 0 Å². The van der Waals surface area contributed by atoms with Crippen molar-refractivity contribution in [2.75, 3.05) is 31.1 Å². The van der Waals surface area contributed by atoms with Gasteiger partial charge >= 0.3 is 0 Å². The molecule has 7 nitrogen and oxygen atoms in total. The van der Waals surface area contributed by atoms with Crippen LogP contribution in [0, 0.1) is 12.3 Å². The Morgan fingerprint density at radius 2 is 2.21 bits per heavy atom. The van der Waals surface area contributed by atoms with E-state index in [9.17, 15) is 9.90 Å². The maximum Gasteiger partial charge on any atom is 0.244 e. The van der Waals surface area contributed by atoms with Crippen LogP contribution in [0.1, 0.15) is 25.0 Å². The second kappa shape index (κ2) is 7.72. The Morgan fingerprint density at radius 3 is 2.96 bits per heavy atom. The predicted molar refractivity (Wildman–Crippen MR) is 107 cm³/mol. The molecule has 2 fully saturated rings. The Labute approximate surface area is 169 Å². The maximum absolute atomic E-state index is 12.8. The summed E-state index contributed by atoms with van der Waals surface area (Å²) in [4.78, 5) is 21.5. The highest BCUT2D eigenvalue weighted by molar-refractivity contribution is 6.31. The molecule has 2 aliphatic rings. The van der Waals surface area contributed by atoms with Gasteiger partial charge in [-0.1, -0.05) is 11.6 Å². The van der Waals surface area contributed by atoms with Crippen LogP contribution >= 0.6 is 11.6 Å². The molecule has 0 radical (unpaired) electrons. The van der Waals surface area contributed by atoms with Crippen molar-refractivity contribution in [3.8, 4) is 0 Å². The molecule has 1 amide bonds. The van der Waals surface area contributed by atoms with Crippen LogP contribution in [0.3, 0.4) is 0 Å². The summed E-state index contributed by atoms with van der Waals surface area (Å²) in [5.74, 6) is 0.931. The molecule has 0 aliphatic carbocycles. The van der Waals surface area contributed by atoms with Crippen molar-refractivity contribution in [2.45, 2.75) is 38.8 Å². The average Bonchev–Trinajstić information content (AvgIpc) is 3.19. The summed E-state index contributed by atoms with van der Waals surface area (Å²) < 4.78 is 1.65. The molecule has 0 unspecified atom stereocenters. The lowest BCUT2D eigenvalue weighted by molar-refractivity contribution is -0.138. The Bertz CT molecular complexity index is 843. The summed E-state index contributed by atoms with van der Waals surface area (Å²) in [7, 11) is 0. The number of piperidine rings is 2. The van der Waals surface area contributed by atoms with Crippen molar-refractivity contribution in [1.29, 1.82) is 0 Å². The first kappa shape index (κ1) is 19.2. The highest BCUT2D eigenvalue weighted by Crippen LogP contribution is 2.40. The Morgan fingerprint density at radius 1 is 1.36 bits per heavy atom. The number of carbonyl (C=O) groups is 1. The van der Waals surface area contributed by atoms with Gasteiger partial charge < -0.3 is 14.9 Å². The number of likely N-dealkylation sites (tertiary alicyclic amines) is 1. The molecular formula is C20H26ClN5O2. The average molecular weight is 404 g/mol. The van der Waals surface area contributed by atoms with Gasteiger partial charge in [-0.3, -0.25) is 9.48 Å². The van der Waals surface area contributed by atoms with Crippen LogP contribution < -0.4 is 4.90 Å². The smallest absolute Gasteiger partial charge is 0.244 e. The highest BCUT2D eigenvalue weighted by atomic mass is 35.5. The molecule has 2 aliphatic heterocycles. The molecular weight excluding hydrogens is 378 g/mol. The molecule has 2 aromatic heterocycles. The number of aliphatic hydroxyl groups excluding tert-OH is 1. The van der Waals surface area contributed by atoms with Crippen LogP contribution in [-0.4, -0.2) is 63.0 Å². The normalized spacial score (nSPS) is 25.3. The number of rotatable bonds is 3. The second-order valence-electron chi connectivity index (χ2n) is 7.95. The molecule has 2 aromatic rings. The van der Waals surface area contributed by atoms with Crippen LogP contribution in [0.2, 0.25) is 5.02 Å². The number of amides is 1. The number of hydrogen-bond acceptors (Lipinski definition) is 5. The molecule has 1 N–H and O–H groups in total. The Hall–Kier alpha value is -2.12. The molecule has 1 spiro atoms. The van der Waals surface area contributed by atoms with E-state index in [0.717, 1.165) is 37.4 Å². The van der Waals surface area contributed by atoms with Gasteiger partial charge in [0.05, 0.1) is 16.8 Å². The van der Waals surface area contributed by atoms with E-state index < -0.39 is 6.10 Å². The van der Waals surface area contributed by atoms with Crippen LogP contribution in [0.5, 0.6) is 0 Å². The molecule has 4 rings (SSSR count). The lowest BCUT2D eigenvalue weighted by Crippen LogP contribution is -2.60. The summed E-state index contributed by atoms with van der Waals surface area (Å²) in [5, 5.41) is 15.7. The first-order valence-corrected chi connectivity index (χ1v) is 10.2. The standard InChI is InChI=1S/C20H26ClN5O2/c1-15-16(21)4-5-18(23-15)24-11-6-17(27)20(13-24)7-2-9-25(14-20)19(28)12-26-10-3-8-22-26/h3-5,8,10,17,27H,2,6-7,9,11-14H2,1H3/t17-,20-/m1/s1. The predicted octanol–water partition coefficient (Wildman–Crippen LogP) is 2.12. The van der Waals surface area contributed by atoms with Gasteiger partial charge in [-0.15, -0.1) is 0 Å². The van der Waals surface area contributed by atoms with Gasteiger partial charge in [0.2, 0.25) is 5.91 Å². The van der Waals surface area contributed by atoms with E-state index in [2.05, 4.69) is 15.0 Å². The summed E-state index contributed by atoms with van der Waals surface area (Å²) in [5.41, 5.74) is 0.477. The van der Waals surface area contributed by atoms with Crippen molar-refractivity contribution in [3.05, 3.63) is 41.3 Å². The third-order valence-electron chi connectivity index (χ3n) is 6.03. The van der Waals surface area contributed by atoms with Gasteiger partial charge in [-0.25, -0.2) is 4.98 Å². The lowest BCUT2D eigenvalue weighted by Gasteiger charge is -2.51. The van der Waals surface area contributed by atoms with Crippen LogP contribution in [-0.2, 0) is 11.3 Å². The fraction of sp³-hybridized carbons (Fsp3) is 0.550. The van der Waals surface area contributed by atoms with Gasteiger partial charge in [0.25, 0.3) is 0 Å². The summed E-state index contributed by atoms with van der Waals surface area (Å²) in [6.07, 6.45) is 5.52. The largest absolute Gasteiger partial charge is 0.392 e. The molecule has 28 heavy (non-hydrogen) atoms. The first-order valence-electron chi connectivity index (χ1n) is 9.78. The first-order chi connectivity index (χ1) is 13.5. The van der Waals surface area contributed by atoms with E-state index in [-0.39, 0.29) is 17.9 Å². The third kappa shape index (κ3) is 3.73. The number of hydrogen-bond donors (Lipinski definition) is 1. The van der Waals surface area contributed by atoms with Gasteiger partial charge in [-0.05, 0) is 44.4 Å². The number of carbonyl (C=O) groups excluding carboxylic acids is 1. The number of aryl methyl sites for hydroxylation is 1. The van der Waals surface area contributed by atoms with E-state index in [1.807, 2.05) is 30.0 Å². The Kier molecular flexibility index (Phi) is 5.29. The molecule has 2 atom stereocenters. The monoisotopic (exact) mass is 403 g/mol. The summed E-state index contributed by atoms with van der Waals surface area (Å²) >= 11 is 6.12. The highest BCUT2D eigenvalue weighted by Gasteiger charge is 2.46. The molecule has 0 aromatic carbocycles. The number of aliphatic hydroxyl groups is 1. The minimum absolute atomic E-state index is 0.0487. The van der Waals surface area contributed by atoms with E-state index in [0.29, 0.717) is 24.5 Å². The van der Waals surface area contributed by atoms with Crippen LogP contribution in [0.4, 0.5) is 5.82 Å². The number of nitrogens with zero attached hydrogens (tertiary/aromatic N) is 5. The van der Waals surface area contributed by atoms with Crippen LogP contribution in [0.15, 0.2) is 30.6 Å². The van der Waals surface area contributed by atoms with E-state index >= 15 is 0 Å². The van der Waals surface area contributed by atoms with E-state index in [1.54, 1.807) is 17.1 Å². The van der Waals surface area contributed by atoms with Crippen molar-refractivity contribution < 1.29 is 9.90 Å². The molecule has 0 bridgehead atoms. The van der Waals surface area contributed by atoms with Gasteiger partial charge in [0.1, 0.15) is 12.4 Å². The quantitative estimate of drug-likeness (QED) is 0.849. The fourth-order valence-electron chi connectivity index (χ4n) is 4.46. The lowest BCUT2D eigenvalue weighted by atomic mass is 9.71. The number of anilines is 1. The Balaban J connectivity index is 1.51. The van der Waals surface area contributed by atoms with Gasteiger partial charge in [0.15, 0.2) is 0 Å². The number of aromatic nitrogens is 3. The zero-order valence-corrected chi connectivity index (χ0v) is 16.8. The SMILES string of the molecule is Cc1nc(N2CC[C@@H](O)[C@]3(CCCN(C(=O)Cn4cccn4)C3)C2)ccc1Cl.